The van der Waals surface area contributed by atoms with Crippen LogP contribution in [0.4, 0.5) is 0 Å². The van der Waals surface area contributed by atoms with Crippen molar-refractivity contribution in [3.8, 4) is 0 Å². The van der Waals surface area contributed by atoms with Crippen molar-refractivity contribution in [2.45, 2.75) is 13.1 Å². The Morgan fingerprint density at radius 1 is 1.21 bits per heavy atom. The zero-order valence-electron chi connectivity index (χ0n) is 7.80. The molecule has 0 atom stereocenters. The third kappa shape index (κ3) is 1.80. The van der Waals surface area contributed by atoms with E-state index in [1.165, 1.54) is 5.56 Å². The normalized spacial score (nSPS) is 10.4. The van der Waals surface area contributed by atoms with Gasteiger partial charge in [-0.25, -0.2) is 4.68 Å². The maximum Gasteiger partial charge on any atom is 0.0693 e. The van der Waals surface area contributed by atoms with E-state index in [4.69, 9.17) is 5.73 Å². The van der Waals surface area contributed by atoms with E-state index < -0.39 is 0 Å². The average Bonchev–Trinajstić information content (AvgIpc) is 2.71. The zero-order chi connectivity index (χ0) is 9.80. The fourth-order valence-electron chi connectivity index (χ4n) is 1.40. The van der Waals surface area contributed by atoms with Gasteiger partial charge in [-0.3, -0.25) is 0 Å². The topological polar surface area (TPSA) is 56.7 Å². The zero-order valence-corrected chi connectivity index (χ0v) is 7.80. The first-order valence-electron chi connectivity index (χ1n) is 4.51. The van der Waals surface area contributed by atoms with E-state index in [2.05, 4.69) is 16.4 Å². The minimum absolute atomic E-state index is 0.560. The van der Waals surface area contributed by atoms with Crippen molar-refractivity contribution in [1.82, 2.24) is 15.0 Å². The number of hydrogen-bond acceptors (Lipinski definition) is 3. The Labute approximate surface area is 82.4 Å². The van der Waals surface area contributed by atoms with Gasteiger partial charge in [-0.1, -0.05) is 29.5 Å². The van der Waals surface area contributed by atoms with Gasteiger partial charge in [0, 0.05) is 12.7 Å². The van der Waals surface area contributed by atoms with Crippen molar-refractivity contribution >= 4 is 0 Å². The fourth-order valence-corrected chi connectivity index (χ4v) is 1.40. The largest absolute Gasteiger partial charge is 0.326 e. The first kappa shape index (κ1) is 8.90. The molecule has 0 aliphatic rings. The molecule has 4 nitrogen and oxygen atoms in total. The van der Waals surface area contributed by atoms with Crippen molar-refractivity contribution in [3.63, 3.8) is 0 Å². The van der Waals surface area contributed by atoms with Crippen LogP contribution in [0.15, 0.2) is 36.7 Å². The van der Waals surface area contributed by atoms with E-state index in [9.17, 15) is 0 Å². The molecule has 0 saturated heterocycles. The Bertz CT molecular complexity index is 394. The van der Waals surface area contributed by atoms with Gasteiger partial charge in [0.15, 0.2) is 0 Å². The molecule has 0 fully saturated rings. The maximum absolute atomic E-state index is 5.63. The van der Waals surface area contributed by atoms with E-state index in [1.54, 1.807) is 10.9 Å². The van der Waals surface area contributed by atoms with E-state index in [0.717, 1.165) is 12.1 Å². The Balaban J connectivity index is 2.24. The molecule has 72 valence electrons. The molecule has 0 unspecified atom stereocenters. The molecule has 0 saturated carbocycles. The Kier molecular flexibility index (Phi) is 2.55. The summed E-state index contributed by atoms with van der Waals surface area (Å²) < 4.78 is 1.79. The molecular weight excluding hydrogens is 176 g/mol. The summed E-state index contributed by atoms with van der Waals surface area (Å²) in [6.45, 7) is 1.29. The molecule has 2 rings (SSSR count). The van der Waals surface area contributed by atoms with Crippen LogP contribution in [0, 0.1) is 0 Å². The summed E-state index contributed by atoms with van der Waals surface area (Å²) in [6.07, 6.45) is 3.51. The molecular formula is C10H12N4. The van der Waals surface area contributed by atoms with Crippen LogP contribution in [0.25, 0.3) is 0 Å². The molecule has 1 heterocycles. The summed E-state index contributed by atoms with van der Waals surface area (Å²) >= 11 is 0. The summed E-state index contributed by atoms with van der Waals surface area (Å²) in [5, 5.41) is 7.67. The molecule has 0 aliphatic carbocycles. The second kappa shape index (κ2) is 4.02. The highest BCUT2D eigenvalue weighted by Gasteiger charge is 2.00. The van der Waals surface area contributed by atoms with Crippen molar-refractivity contribution in [2.75, 3.05) is 0 Å². The van der Waals surface area contributed by atoms with Crippen LogP contribution < -0.4 is 5.73 Å². The molecule has 14 heavy (non-hydrogen) atoms. The van der Waals surface area contributed by atoms with Gasteiger partial charge in [-0.05, 0) is 11.1 Å². The standard InChI is InChI=1S/C10H12N4/c11-7-9-3-1-2-4-10(9)8-14-6-5-12-13-14/h1-6H,7-8,11H2. The third-order valence-corrected chi connectivity index (χ3v) is 2.14. The van der Waals surface area contributed by atoms with Gasteiger partial charge in [-0.2, -0.15) is 0 Å². The van der Waals surface area contributed by atoms with Gasteiger partial charge in [0.1, 0.15) is 0 Å². The molecule has 0 amide bonds. The molecule has 0 radical (unpaired) electrons. The number of nitrogens with two attached hydrogens (primary N) is 1. The highest BCUT2D eigenvalue weighted by atomic mass is 15.4. The van der Waals surface area contributed by atoms with Crippen molar-refractivity contribution in [2.24, 2.45) is 5.73 Å². The number of hydrogen-bond donors (Lipinski definition) is 1. The molecule has 0 bridgehead atoms. The Morgan fingerprint density at radius 3 is 2.64 bits per heavy atom. The van der Waals surface area contributed by atoms with E-state index in [1.807, 2.05) is 24.4 Å². The maximum atomic E-state index is 5.63. The number of nitrogens with zero attached hydrogens (tertiary/aromatic N) is 3. The lowest BCUT2D eigenvalue weighted by Crippen LogP contribution is -2.06. The van der Waals surface area contributed by atoms with E-state index in [-0.39, 0.29) is 0 Å². The van der Waals surface area contributed by atoms with Gasteiger partial charge in [0.05, 0.1) is 12.7 Å². The van der Waals surface area contributed by atoms with Crippen LogP contribution in [0.5, 0.6) is 0 Å². The number of rotatable bonds is 3. The van der Waals surface area contributed by atoms with Gasteiger partial charge in [0.2, 0.25) is 0 Å². The first-order valence-corrected chi connectivity index (χ1v) is 4.51. The summed E-state index contributed by atoms with van der Waals surface area (Å²) in [7, 11) is 0. The quantitative estimate of drug-likeness (QED) is 0.774. The SMILES string of the molecule is NCc1ccccc1Cn1ccnn1. The second-order valence-electron chi connectivity index (χ2n) is 3.07. The first-order chi connectivity index (χ1) is 6.90. The predicted octanol–water partition coefficient (Wildman–Crippen LogP) is 0.785. The van der Waals surface area contributed by atoms with Gasteiger partial charge in [0.25, 0.3) is 0 Å². The molecule has 2 N–H and O–H groups in total. The number of benzene rings is 1. The van der Waals surface area contributed by atoms with Crippen LogP contribution >= 0.6 is 0 Å². The van der Waals surface area contributed by atoms with Gasteiger partial charge >= 0.3 is 0 Å². The van der Waals surface area contributed by atoms with E-state index >= 15 is 0 Å². The van der Waals surface area contributed by atoms with Crippen LogP contribution in [-0.2, 0) is 13.1 Å². The lowest BCUT2D eigenvalue weighted by Gasteiger charge is -2.06. The van der Waals surface area contributed by atoms with Crippen molar-refractivity contribution < 1.29 is 0 Å². The van der Waals surface area contributed by atoms with E-state index in [0.29, 0.717) is 6.54 Å². The molecule has 1 aromatic carbocycles. The molecule has 0 spiro atoms. The average molecular weight is 188 g/mol. The highest BCUT2D eigenvalue weighted by molar-refractivity contribution is 5.26. The lowest BCUT2D eigenvalue weighted by molar-refractivity contribution is 0.645. The molecule has 2 aromatic rings. The van der Waals surface area contributed by atoms with Crippen LogP contribution in [0.3, 0.4) is 0 Å². The summed E-state index contributed by atoms with van der Waals surface area (Å²) in [4.78, 5) is 0. The Hall–Kier alpha value is -1.68. The van der Waals surface area contributed by atoms with Crippen molar-refractivity contribution in [3.05, 3.63) is 47.8 Å². The number of aromatic nitrogens is 3. The Morgan fingerprint density at radius 2 is 2.00 bits per heavy atom. The highest BCUT2D eigenvalue weighted by Crippen LogP contribution is 2.08. The monoisotopic (exact) mass is 188 g/mol. The van der Waals surface area contributed by atoms with Gasteiger partial charge in [-0.15, -0.1) is 5.10 Å². The lowest BCUT2D eigenvalue weighted by atomic mass is 10.1. The third-order valence-electron chi connectivity index (χ3n) is 2.14. The summed E-state index contributed by atoms with van der Waals surface area (Å²) in [5.41, 5.74) is 7.98. The minimum atomic E-state index is 0.560. The minimum Gasteiger partial charge on any atom is -0.326 e. The van der Waals surface area contributed by atoms with Crippen LogP contribution in [-0.4, -0.2) is 15.0 Å². The molecule has 4 heteroatoms. The van der Waals surface area contributed by atoms with Crippen LogP contribution in [0.2, 0.25) is 0 Å². The summed E-state index contributed by atoms with van der Waals surface area (Å²) in [5.74, 6) is 0. The van der Waals surface area contributed by atoms with Gasteiger partial charge < -0.3 is 5.73 Å². The van der Waals surface area contributed by atoms with Crippen molar-refractivity contribution in [1.29, 1.82) is 0 Å². The summed E-state index contributed by atoms with van der Waals surface area (Å²) in [6, 6.07) is 8.09. The second-order valence-corrected chi connectivity index (χ2v) is 3.07. The smallest absolute Gasteiger partial charge is 0.0693 e. The molecule has 0 aliphatic heterocycles. The predicted molar refractivity (Wildman–Crippen MR) is 53.5 cm³/mol. The fraction of sp³-hybridized carbons (Fsp3) is 0.200. The van der Waals surface area contributed by atoms with Crippen LogP contribution in [0.1, 0.15) is 11.1 Å². The molecule has 1 aromatic heterocycles.